The zero-order valence-electron chi connectivity index (χ0n) is 12.5. The molecule has 24 heavy (non-hydrogen) atoms. The van der Waals surface area contributed by atoms with Crippen molar-refractivity contribution in [3.05, 3.63) is 79.7 Å². The third-order valence-electron chi connectivity index (χ3n) is 3.53. The first-order valence-electron chi connectivity index (χ1n) is 7.05. The van der Waals surface area contributed by atoms with Crippen LogP contribution in [0.15, 0.2) is 68.6 Å². The van der Waals surface area contributed by atoms with Gasteiger partial charge in [0.05, 0.1) is 11.1 Å². The van der Waals surface area contributed by atoms with E-state index in [4.69, 9.17) is 0 Å². The maximum absolute atomic E-state index is 11.7. The van der Waals surface area contributed by atoms with E-state index < -0.39 is 11.9 Å². The van der Waals surface area contributed by atoms with Gasteiger partial charge in [-0.25, -0.2) is 9.59 Å². The molecule has 4 nitrogen and oxygen atoms in total. The molecule has 0 atom stereocenters. The summed E-state index contributed by atoms with van der Waals surface area (Å²) in [6.07, 6.45) is 0.0612. The number of benzene rings is 2. The monoisotopic (exact) mass is 452 g/mol. The highest BCUT2D eigenvalue weighted by atomic mass is 79.9. The van der Waals surface area contributed by atoms with Gasteiger partial charge < -0.3 is 10.2 Å². The standard InChI is InChI=1S/C18H14Br2O4/c19-15-7-3-1-5-11(15)9-13(17(21)22)14(18(23)24)10-12-6-2-4-8-16(12)20/h1-8H,9-10H2,(H,21,22)(H,23,24). The van der Waals surface area contributed by atoms with Crippen molar-refractivity contribution in [1.29, 1.82) is 0 Å². The highest BCUT2D eigenvalue weighted by molar-refractivity contribution is 9.10. The number of carbonyl (C=O) groups is 2. The van der Waals surface area contributed by atoms with Crippen LogP contribution in [0.1, 0.15) is 11.1 Å². The molecular weight excluding hydrogens is 440 g/mol. The predicted octanol–water partition coefficient (Wildman–Crippen LogP) is 4.46. The van der Waals surface area contributed by atoms with Crippen LogP contribution in [0.3, 0.4) is 0 Å². The number of rotatable bonds is 6. The van der Waals surface area contributed by atoms with E-state index >= 15 is 0 Å². The van der Waals surface area contributed by atoms with E-state index in [1.165, 1.54) is 0 Å². The number of hydrogen-bond acceptors (Lipinski definition) is 2. The summed E-state index contributed by atoms with van der Waals surface area (Å²) in [5.41, 5.74) is 1.21. The topological polar surface area (TPSA) is 74.6 Å². The van der Waals surface area contributed by atoms with E-state index in [9.17, 15) is 19.8 Å². The maximum Gasteiger partial charge on any atom is 0.332 e. The summed E-state index contributed by atoms with van der Waals surface area (Å²) >= 11 is 6.74. The van der Waals surface area contributed by atoms with Crippen molar-refractivity contribution in [2.75, 3.05) is 0 Å². The first-order chi connectivity index (χ1) is 11.4. The molecule has 0 radical (unpaired) electrons. The summed E-state index contributed by atoms with van der Waals surface area (Å²) in [4.78, 5) is 23.4. The molecule has 0 spiro atoms. The van der Waals surface area contributed by atoms with Crippen molar-refractivity contribution in [2.24, 2.45) is 0 Å². The van der Waals surface area contributed by atoms with Gasteiger partial charge in [0, 0.05) is 21.8 Å². The number of aliphatic carboxylic acids is 2. The van der Waals surface area contributed by atoms with E-state index in [1.807, 2.05) is 12.1 Å². The molecule has 0 saturated heterocycles. The Morgan fingerprint density at radius 2 is 1.04 bits per heavy atom. The van der Waals surface area contributed by atoms with Crippen molar-refractivity contribution in [1.82, 2.24) is 0 Å². The van der Waals surface area contributed by atoms with Gasteiger partial charge >= 0.3 is 11.9 Å². The molecule has 2 aromatic carbocycles. The van der Waals surface area contributed by atoms with Crippen LogP contribution in [-0.2, 0) is 22.4 Å². The van der Waals surface area contributed by atoms with Crippen LogP contribution < -0.4 is 0 Å². The van der Waals surface area contributed by atoms with Gasteiger partial charge in [-0.3, -0.25) is 0 Å². The van der Waals surface area contributed by atoms with Crippen molar-refractivity contribution in [3.8, 4) is 0 Å². The number of halogens is 2. The first kappa shape index (κ1) is 18.4. The lowest BCUT2D eigenvalue weighted by Crippen LogP contribution is -2.15. The Morgan fingerprint density at radius 1 is 0.708 bits per heavy atom. The van der Waals surface area contributed by atoms with Gasteiger partial charge in [0.1, 0.15) is 0 Å². The summed E-state index contributed by atoms with van der Waals surface area (Å²) in [6, 6.07) is 14.3. The van der Waals surface area contributed by atoms with Crippen LogP contribution in [0.2, 0.25) is 0 Å². The number of carboxylic acids is 2. The van der Waals surface area contributed by atoms with E-state index in [0.29, 0.717) is 0 Å². The van der Waals surface area contributed by atoms with Crippen molar-refractivity contribution in [3.63, 3.8) is 0 Å². The second kappa shape index (κ2) is 8.26. The van der Waals surface area contributed by atoms with Crippen molar-refractivity contribution < 1.29 is 19.8 Å². The minimum Gasteiger partial charge on any atom is -0.478 e. The van der Waals surface area contributed by atoms with E-state index in [1.54, 1.807) is 36.4 Å². The van der Waals surface area contributed by atoms with Crippen LogP contribution in [0.5, 0.6) is 0 Å². The molecule has 6 heteroatoms. The molecule has 0 aromatic heterocycles. The second-order valence-corrected chi connectivity index (χ2v) is 6.81. The van der Waals surface area contributed by atoms with Gasteiger partial charge in [-0.2, -0.15) is 0 Å². The quantitative estimate of drug-likeness (QED) is 0.633. The summed E-state index contributed by atoms with van der Waals surface area (Å²) in [5, 5.41) is 19.1. The molecule has 2 aromatic rings. The van der Waals surface area contributed by atoms with Crippen LogP contribution in [-0.4, -0.2) is 22.2 Å². The molecule has 2 rings (SSSR count). The third-order valence-corrected chi connectivity index (χ3v) is 5.08. The minimum absolute atomic E-state index is 0.0306. The first-order valence-corrected chi connectivity index (χ1v) is 8.64. The molecule has 0 heterocycles. The van der Waals surface area contributed by atoms with Gasteiger partial charge in [-0.15, -0.1) is 0 Å². The fraction of sp³-hybridized carbons (Fsp3) is 0.111. The molecule has 2 N–H and O–H groups in total. The van der Waals surface area contributed by atoms with Crippen LogP contribution >= 0.6 is 31.9 Å². The molecular formula is C18H14Br2O4. The van der Waals surface area contributed by atoms with Gasteiger partial charge in [0.2, 0.25) is 0 Å². The lowest BCUT2D eigenvalue weighted by molar-refractivity contribution is -0.136. The van der Waals surface area contributed by atoms with Crippen molar-refractivity contribution in [2.45, 2.75) is 12.8 Å². The summed E-state index contributed by atoms with van der Waals surface area (Å²) in [6.45, 7) is 0. The Kier molecular flexibility index (Phi) is 6.34. The Labute approximate surface area is 156 Å². The highest BCUT2D eigenvalue weighted by Crippen LogP contribution is 2.25. The number of hydrogen-bond donors (Lipinski definition) is 2. The lowest BCUT2D eigenvalue weighted by atomic mass is 9.95. The Balaban J connectivity index is 2.48. The third kappa shape index (κ3) is 4.55. The van der Waals surface area contributed by atoms with E-state index in [0.717, 1.165) is 20.1 Å². The summed E-state index contributed by atoms with van der Waals surface area (Å²) in [7, 11) is 0. The maximum atomic E-state index is 11.7. The van der Waals surface area contributed by atoms with Crippen LogP contribution in [0, 0.1) is 0 Å². The Hall–Kier alpha value is -1.92. The predicted molar refractivity (Wildman–Crippen MR) is 98.0 cm³/mol. The smallest absolute Gasteiger partial charge is 0.332 e. The SMILES string of the molecule is O=C(O)C(Cc1ccccc1Br)=C(Cc1ccccc1Br)C(=O)O. The second-order valence-electron chi connectivity index (χ2n) is 5.10. The number of carboxylic acid groups (broad SMARTS) is 2. The average Bonchev–Trinajstić information content (AvgIpc) is 2.53. The normalized spacial score (nSPS) is 11.8. The van der Waals surface area contributed by atoms with E-state index in [2.05, 4.69) is 31.9 Å². The molecule has 0 aliphatic carbocycles. The molecule has 124 valence electrons. The molecule has 0 bridgehead atoms. The zero-order valence-corrected chi connectivity index (χ0v) is 15.7. The molecule has 0 aliphatic rings. The van der Waals surface area contributed by atoms with Gasteiger partial charge in [-0.1, -0.05) is 68.3 Å². The largest absolute Gasteiger partial charge is 0.478 e. The van der Waals surface area contributed by atoms with Gasteiger partial charge in [-0.05, 0) is 23.3 Å². The van der Waals surface area contributed by atoms with Gasteiger partial charge in [0.25, 0.3) is 0 Å². The minimum atomic E-state index is -1.23. The molecule has 0 unspecified atom stereocenters. The fourth-order valence-corrected chi connectivity index (χ4v) is 3.14. The van der Waals surface area contributed by atoms with Crippen molar-refractivity contribution >= 4 is 43.8 Å². The molecule has 0 fully saturated rings. The average molecular weight is 454 g/mol. The van der Waals surface area contributed by atoms with Gasteiger partial charge in [0.15, 0.2) is 0 Å². The lowest BCUT2D eigenvalue weighted by Gasteiger charge is -2.11. The summed E-state index contributed by atoms with van der Waals surface area (Å²) < 4.78 is 1.49. The molecule has 0 amide bonds. The Morgan fingerprint density at radius 3 is 1.33 bits per heavy atom. The fourth-order valence-electron chi connectivity index (χ4n) is 2.29. The molecule has 0 aliphatic heterocycles. The molecule has 0 saturated carbocycles. The van der Waals surface area contributed by atoms with E-state index in [-0.39, 0.29) is 24.0 Å². The highest BCUT2D eigenvalue weighted by Gasteiger charge is 2.22. The Bertz CT molecular complexity index is 745. The van der Waals surface area contributed by atoms with Crippen LogP contribution in [0.25, 0.3) is 0 Å². The zero-order chi connectivity index (χ0) is 17.7. The summed E-state index contributed by atoms with van der Waals surface area (Å²) in [5.74, 6) is -2.45. The van der Waals surface area contributed by atoms with Crippen LogP contribution in [0.4, 0.5) is 0 Å².